The quantitative estimate of drug-likeness (QED) is 0.742. The molecule has 6 nitrogen and oxygen atoms in total. The van der Waals surface area contributed by atoms with Crippen molar-refractivity contribution in [2.75, 3.05) is 26.8 Å². The molecule has 0 unspecified atom stereocenters. The average Bonchev–Trinajstić information content (AvgIpc) is 2.79. The number of carbonyl (C=O) groups excluding carboxylic acids is 1. The van der Waals surface area contributed by atoms with Crippen molar-refractivity contribution in [3.63, 3.8) is 0 Å². The standard InChI is InChI=1S/C22H27N3O3S/c1-27-16-8-9-17(20(10-16)28-2)18-11-21(26)25-13-24(15-6-4-3-5-7-15)14-29-22(25)19(18)12-23/h8-10,15,18H,3-7,11,13-14H2,1-2H3/t18-/m1/s1. The van der Waals surface area contributed by atoms with Crippen LogP contribution in [-0.2, 0) is 4.79 Å². The summed E-state index contributed by atoms with van der Waals surface area (Å²) < 4.78 is 10.8. The zero-order chi connectivity index (χ0) is 20.4. The van der Waals surface area contributed by atoms with Crippen LogP contribution < -0.4 is 9.47 Å². The first kappa shape index (κ1) is 20.1. The number of thioether (sulfide) groups is 1. The second kappa shape index (κ2) is 8.68. The van der Waals surface area contributed by atoms with Gasteiger partial charge in [0.2, 0.25) is 5.91 Å². The minimum Gasteiger partial charge on any atom is -0.497 e. The van der Waals surface area contributed by atoms with Gasteiger partial charge in [0.05, 0.1) is 43.4 Å². The van der Waals surface area contributed by atoms with Crippen LogP contribution in [0.3, 0.4) is 0 Å². The normalized spacial score (nSPS) is 23.6. The number of hydrogen-bond donors (Lipinski definition) is 0. The topological polar surface area (TPSA) is 65.8 Å². The molecule has 0 radical (unpaired) electrons. The molecule has 1 atom stereocenters. The lowest BCUT2D eigenvalue weighted by Gasteiger charge is -2.44. The van der Waals surface area contributed by atoms with Gasteiger partial charge in [-0.05, 0) is 18.9 Å². The van der Waals surface area contributed by atoms with Gasteiger partial charge < -0.3 is 9.47 Å². The van der Waals surface area contributed by atoms with E-state index in [-0.39, 0.29) is 18.2 Å². The number of nitrogens with zero attached hydrogens (tertiary/aromatic N) is 3. The summed E-state index contributed by atoms with van der Waals surface area (Å²) in [6.07, 6.45) is 6.55. The Morgan fingerprint density at radius 3 is 2.66 bits per heavy atom. The molecule has 2 aliphatic heterocycles. The van der Waals surface area contributed by atoms with Gasteiger partial charge in [-0.3, -0.25) is 14.6 Å². The number of carbonyl (C=O) groups is 1. The Morgan fingerprint density at radius 1 is 1.17 bits per heavy atom. The smallest absolute Gasteiger partial charge is 0.229 e. The number of methoxy groups -OCH3 is 2. The summed E-state index contributed by atoms with van der Waals surface area (Å²) >= 11 is 1.63. The Morgan fingerprint density at radius 2 is 1.97 bits per heavy atom. The van der Waals surface area contributed by atoms with Gasteiger partial charge in [-0.1, -0.05) is 37.1 Å². The highest BCUT2D eigenvalue weighted by Gasteiger charge is 2.40. The molecule has 154 valence electrons. The summed E-state index contributed by atoms with van der Waals surface area (Å²) in [4.78, 5) is 17.3. The van der Waals surface area contributed by atoms with Gasteiger partial charge in [0.25, 0.3) is 0 Å². The summed E-state index contributed by atoms with van der Waals surface area (Å²) in [5, 5.41) is 10.8. The number of amides is 1. The van der Waals surface area contributed by atoms with Crippen LogP contribution in [0.5, 0.6) is 11.5 Å². The number of rotatable bonds is 4. The van der Waals surface area contributed by atoms with Crippen molar-refractivity contribution >= 4 is 17.7 Å². The van der Waals surface area contributed by atoms with E-state index in [0.717, 1.165) is 16.5 Å². The van der Waals surface area contributed by atoms with Gasteiger partial charge in [-0.25, -0.2) is 0 Å². The number of benzene rings is 1. The molecule has 4 rings (SSSR count). The fourth-order valence-corrected chi connectivity index (χ4v) is 5.86. The molecule has 3 aliphatic rings. The van der Waals surface area contributed by atoms with Crippen molar-refractivity contribution in [1.82, 2.24) is 9.80 Å². The summed E-state index contributed by atoms with van der Waals surface area (Å²) in [5.74, 6) is 1.97. The Balaban J connectivity index is 1.64. The van der Waals surface area contributed by atoms with Crippen LogP contribution in [0.2, 0.25) is 0 Å². The largest absolute Gasteiger partial charge is 0.497 e. The molecule has 0 aromatic heterocycles. The zero-order valence-electron chi connectivity index (χ0n) is 17.0. The third-order valence-corrected chi connectivity index (χ3v) is 7.40. The number of hydrogen-bond acceptors (Lipinski definition) is 6. The highest BCUT2D eigenvalue weighted by atomic mass is 32.2. The van der Waals surface area contributed by atoms with E-state index in [2.05, 4.69) is 11.0 Å². The molecule has 1 amide bonds. The molecule has 0 bridgehead atoms. The number of ether oxygens (including phenoxy) is 2. The summed E-state index contributed by atoms with van der Waals surface area (Å²) in [5.41, 5.74) is 1.53. The SMILES string of the molecule is COc1ccc([C@H]2CC(=O)N3CN(C4CCCCC4)CSC3=C2C#N)c(OC)c1. The summed E-state index contributed by atoms with van der Waals surface area (Å²) in [6, 6.07) is 8.53. The molecule has 7 heteroatoms. The zero-order valence-corrected chi connectivity index (χ0v) is 17.8. The highest BCUT2D eigenvalue weighted by molar-refractivity contribution is 8.03. The highest BCUT2D eigenvalue weighted by Crippen LogP contribution is 2.46. The van der Waals surface area contributed by atoms with Crippen LogP contribution in [0, 0.1) is 11.3 Å². The molecule has 1 aromatic rings. The van der Waals surface area contributed by atoms with Crippen molar-refractivity contribution in [3.05, 3.63) is 34.4 Å². The lowest BCUT2D eigenvalue weighted by Crippen LogP contribution is -2.51. The molecule has 29 heavy (non-hydrogen) atoms. The van der Waals surface area contributed by atoms with Crippen LogP contribution in [0.25, 0.3) is 0 Å². The number of fused-ring (bicyclic) bond motifs is 1. The minimum absolute atomic E-state index is 0.0786. The molecule has 2 heterocycles. The average molecular weight is 414 g/mol. The third-order valence-electron chi connectivity index (χ3n) is 6.22. The van der Waals surface area contributed by atoms with E-state index in [0.29, 0.717) is 29.8 Å². The van der Waals surface area contributed by atoms with E-state index >= 15 is 0 Å². The first-order valence-corrected chi connectivity index (χ1v) is 11.2. The lowest BCUT2D eigenvalue weighted by atomic mass is 9.86. The van der Waals surface area contributed by atoms with Crippen molar-refractivity contribution < 1.29 is 14.3 Å². The Hall–Kier alpha value is -2.17. The maximum absolute atomic E-state index is 13.1. The summed E-state index contributed by atoms with van der Waals surface area (Å²) in [6.45, 7) is 0.601. The van der Waals surface area contributed by atoms with Crippen LogP contribution >= 0.6 is 11.8 Å². The Kier molecular flexibility index (Phi) is 6.02. The van der Waals surface area contributed by atoms with E-state index in [1.807, 2.05) is 23.1 Å². The lowest BCUT2D eigenvalue weighted by molar-refractivity contribution is -0.132. The number of allylic oxidation sites excluding steroid dienone is 1. The maximum Gasteiger partial charge on any atom is 0.229 e. The van der Waals surface area contributed by atoms with Gasteiger partial charge in [0, 0.05) is 30.0 Å². The van der Waals surface area contributed by atoms with E-state index in [4.69, 9.17) is 9.47 Å². The van der Waals surface area contributed by atoms with Gasteiger partial charge in [-0.15, -0.1) is 0 Å². The first-order chi connectivity index (χ1) is 14.2. The van der Waals surface area contributed by atoms with Crippen molar-refractivity contribution in [2.24, 2.45) is 0 Å². The molecule has 1 saturated heterocycles. The first-order valence-electron chi connectivity index (χ1n) is 10.2. The van der Waals surface area contributed by atoms with Gasteiger partial charge >= 0.3 is 0 Å². The van der Waals surface area contributed by atoms with Crippen molar-refractivity contribution in [3.8, 4) is 17.6 Å². The predicted molar refractivity (Wildman–Crippen MR) is 112 cm³/mol. The maximum atomic E-state index is 13.1. The molecular weight excluding hydrogens is 386 g/mol. The van der Waals surface area contributed by atoms with Gasteiger partial charge in [-0.2, -0.15) is 5.26 Å². The molecule has 0 N–H and O–H groups in total. The van der Waals surface area contributed by atoms with E-state index in [9.17, 15) is 10.1 Å². The van der Waals surface area contributed by atoms with Crippen LogP contribution in [0.4, 0.5) is 0 Å². The second-order valence-electron chi connectivity index (χ2n) is 7.81. The number of nitriles is 1. The van der Waals surface area contributed by atoms with Crippen LogP contribution in [0.15, 0.2) is 28.8 Å². The van der Waals surface area contributed by atoms with Crippen molar-refractivity contribution in [2.45, 2.75) is 50.5 Å². The molecule has 0 spiro atoms. The molecular formula is C22H27N3O3S. The van der Waals surface area contributed by atoms with Crippen LogP contribution in [-0.4, -0.2) is 48.5 Å². The second-order valence-corrected chi connectivity index (χ2v) is 8.75. The van der Waals surface area contributed by atoms with Gasteiger partial charge in [0.1, 0.15) is 11.5 Å². The van der Waals surface area contributed by atoms with E-state index < -0.39 is 0 Å². The monoisotopic (exact) mass is 413 g/mol. The Labute approximate surface area is 176 Å². The molecule has 1 aromatic carbocycles. The van der Waals surface area contributed by atoms with E-state index in [1.54, 1.807) is 26.0 Å². The molecule has 2 fully saturated rings. The fourth-order valence-electron chi connectivity index (χ4n) is 4.62. The molecule has 1 aliphatic carbocycles. The Bertz CT molecular complexity index is 857. The third kappa shape index (κ3) is 3.84. The minimum atomic E-state index is -0.284. The van der Waals surface area contributed by atoms with E-state index in [1.165, 1.54) is 32.1 Å². The van der Waals surface area contributed by atoms with Crippen LogP contribution in [0.1, 0.15) is 50.0 Å². The summed E-state index contributed by atoms with van der Waals surface area (Å²) in [7, 11) is 3.21. The predicted octanol–water partition coefficient (Wildman–Crippen LogP) is 4.05. The molecule has 1 saturated carbocycles. The fraction of sp³-hybridized carbons (Fsp3) is 0.545. The van der Waals surface area contributed by atoms with Gasteiger partial charge in [0.15, 0.2) is 0 Å². The van der Waals surface area contributed by atoms with Crippen molar-refractivity contribution in [1.29, 1.82) is 5.26 Å².